The quantitative estimate of drug-likeness (QED) is 0.768. The van der Waals surface area contributed by atoms with Crippen molar-refractivity contribution in [2.75, 3.05) is 13.6 Å². The van der Waals surface area contributed by atoms with Gasteiger partial charge in [0, 0.05) is 31.7 Å². The SMILES string of the molecule is CC(Br)CN(C)C(=O)c1ccn(C)n1. The Morgan fingerprint density at radius 3 is 2.86 bits per heavy atom. The molecule has 1 aromatic rings. The van der Waals surface area contributed by atoms with Crippen LogP contribution in [0.15, 0.2) is 12.3 Å². The summed E-state index contributed by atoms with van der Waals surface area (Å²) in [6, 6.07) is 1.72. The van der Waals surface area contributed by atoms with Crippen LogP contribution < -0.4 is 0 Å². The molecule has 1 rings (SSSR count). The summed E-state index contributed by atoms with van der Waals surface area (Å²) in [4.78, 5) is 13.7. The van der Waals surface area contributed by atoms with Gasteiger partial charge in [0.1, 0.15) is 5.69 Å². The molecule has 0 bridgehead atoms. The van der Waals surface area contributed by atoms with E-state index in [1.54, 1.807) is 35.9 Å². The lowest BCUT2D eigenvalue weighted by molar-refractivity contribution is 0.0791. The van der Waals surface area contributed by atoms with Crippen LogP contribution in [0.3, 0.4) is 0 Å². The molecule has 0 fully saturated rings. The molecule has 1 atom stereocenters. The molecule has 1 unspecified atom stereocenters. The third kappa shape index (κ3) is 2.83. The molecule has 1 heterocycles. The summed E-state index contributed by atoms with van der Waals surface area (Å²) < 4.78 is 1.62. The number of amides is 1. The van der Waals surface area contributed by atoms with Crippen molar-refractivity contribution in [1.29, 1.82) is 0 Å². The van der Waals surface area contributed by atoms with E-state index < -0.39 is 0 Å². The van der Waals surface area contributed by atoms with Crippen molar-refractivity contribution in [3.05, 3.63) is 18.0 Å². The minimum absolute atomic E-state index is 0.0445. The van der Waals surface area contributed by atoms with Crippen LogP contribution in [-0.2, 0) is 7.05 Å². The maximum absolute atomic E-state index is 11.7. The second-order valence-corrected chi connectivity index (χ2v) is 4.90. The number of hydrogen-bond acceptors (Lipinski definition) is 2. The van der Waals surface area contributed by atoms with Crippen molar-refractivity contribution < 1.29 is 4.79 Å². The monoisotopic (exact) mass is 259 g/mol. The topological polar surface area (TPSA) is 38.1 Å². The average molecular weight is 260 g/mol. The molecule has 0 radical (unpaired) electrons. The van der Waals surface area contributed by atoms with Crippen molar-refractivity contribution in [3.63, 3.8) is 0 Å². The lowest BCUT2D eigenvalue weighted by Gasteiger charge is -2.16. The van der Waals surface area contributed by atoms with E-state index in [4.69, 9.17) is 0 Å². The van der Waals surface area contributed by atoms with Gasteiger partial charge in [-0.3, -0.25) is 9.48 Å². The van der Waals surface area contributed by atoms with Gasteiger partial charge in [-0.1, -0.05) is 22.9 Å². The molecule has 4 nitrogen and oxygen atoms in total. The van der Waals surface area contributed by atoms with E-state index in [0.29, 0.717) is 17.1 Å². The Labute approximate surface area is 92.0 Å². The summed E-state index contributed by atoms with van der Waals surface area (Å²) in [7, 11) is 3.57. The molecule has 0 aliphatic rings. The molecule has 0 spiro atoms. The Morgan fingerprint density at radius 1 is 1.79 bits per heavy atom. The number of halogens is 1. The molecule has 0 aromatic carbocycles. The summed E-state index contributed by atoms with van der Waals surface area (Å²) in [5, 5.41) is 4.05. The fourth-order valence-corrected chi connectivity index (χ4v) is 1.62. The van der Waals surface area contributed by atoms with Crippen molar-refractivity contribution >= 4 is 21.8 Å². The summed E-state index contributed by atoms with van der Waals surface area (Å²) in [5.41, 5.74) is 0.489. The fraction of sp³-hybridized carbons (Fsp3) is 0.556. The van der Waals surface area contributed by atoms with Crippen LogP contribution in [0.25, 0.3) is 0 Å². The Balaban J connectivity index is 2.65. The first-order chi connectivity index (χ1) is 6.50. The molecule has 0 saturated heterocycles. The van der Waals surface area contributed by atoms with Gasteiger partial charge in [-0.25, -0.2) is 0 Å². The van der Waals surface area contributed by atoms with Gasteiger partial charge in [0.15, 0.2) is 0 Å². The predicted molar refractivity (Wildman–Crippen MR) is 58.6 cm³/mol. The molecule has 14 heavy (non-hydrogen) atoms. The van der Waals surface area contributed by atoms with Crippen molar-refractivity contribution in [1.82, 2.24) is 14.7 Å². The molecule has 0 aliphatic heterocycles. The largest absolute Gasteiger partial charge is 0.339 e. The van der Waals surface area contributed by atoms with Crippen LogP contribution in [0.2, 0.25) is 0 Å². The minimum Gasteiger partial charge on any atom is -0.339 e. The molecular formula is C9H14BrN3O. The third-order valence-corrected chi connectivity index (χ3v) is 2.09. The van der Waals surface area contributed by atoms with E-state index in [-0.39, 0.29) is 5.91 Å². The zero-order valence-corrected chi connectivity index (χ0v) is 10.2. The molecule has 0 aliphatic carbocycles. The zero-order valence-electron chi connectivity index (χ0n) is 8.57. The highest BCUT2D eigenvalue weighted by Gasteiger charge is 2.15. The van der Waals surface area contributed by atoms with Crippen LogP contribution in [0.1, 0.15) is 17.4 Å². The van der Waals surface area contributed by atoms with Gasteiger partial charge >= 0.3 is 0 Å². The van der Waals surface area contributed by atoms with Crippen molar-refractivity contribution in [2.45, 2.75) is 11.8 Å². The van der Waals surface area contributed by atoms with Crippen LogP contribution in [0.4, 0.5) is 0 Å². The molecule has 1 aromatic heterocycles. The number of nitrogens with zero attached hydrogens (tertiary/aromatic N) is 3. The summed E-state index contributed by atoms with van der Waals surface area (Å²) >= 11 is 3.40. The van der Waals surface area contributed by atoms with E-state index >= 15 is 0 Å². The van der Waals surface area contributed by atoms with E-state index in [1.807, 2.05) is 6.92 Å². The molecule has 5 heteroatoms. The van der Waals surface area contributed by atoms with Crippen LogP contribution in [-0.4, -0.2) is 39.0 Å². The second-order valence-electron chi connectivity index (χ2n) is 3.34. The number of aromatic nitrogens is 2. The van der Waals surface area contributed by atoms with E-state index in [2.05, 4.69) is 21.0 Å². The maximum Gasteiger partial charge on any atom is 0.274 e. The Morgan fingerprint density at radius 2 is 2.43 bits per heavy atom. The Hall–Kier alpha value is -0.840. The molecule has 0 saturated carbocycles. The van der Waals surface area contributed by atoms with Crippen molar-refractivity contribution in [3.8, 4) is 0 Å². The zero-order chi connectivity index (χ0) is 10.7. The lowest BCUT2D eigenvalue weighted by atomic mass is 10.3. The lowest BCUT2D eigenvalue weighted by Crippen LogP contribution is -2.31. The van der Waals surface area contributed by atoms with Crippen LogP contribution >= 0.6 is 15.9 Å². The summed E-state index contributed by atoms with van der Waals surface area (Å²) in [6.45, 7) is 2.68. The second kappa shape index (κ2) is 4.59. The Bertz CT molecular complexity index is 322. The van der Waals surface area contributed by atoms with Gasteiger partial charge < -0.3 is 4.90 Å². The predicted octanol–water partition coefficient (Wildman–Crippen LogP) is 1.28. The highest BCUT2D eigenvalue weighted by Crippen LogP contribution is 2.04. The van der Waals surface area contributed by atoms with Gasteiger partial charge in [-0.05, 0) is 6.07 Å². The van der Waals surface area contributed by atoms with Gasteiger partial charge in [0.05, 0.1) is 0 Å². The molecular weight excluding hydrogens is 246 g/mol. The number of rotatable bonds is 3. The smallest absolute Gasteiger partial charge is 0.274 e. The maximum atomic E-state index is 11.7. The van der Waals surface area contributed by atoms with E-state index in [9.17, 15) is 4.79 Å². The van der Waals surface area contributed by atoms with E-state index in [1.165, 1.54) is 0 Å². The fourth-order valence-electron chi connectivity index (χ4n) is 1.18. The first-order valence-corrected chi connectivity index (χ1v) is 5.31. The highest BCUT2D eigenvalue weighted by atomic mass is 79.9. The van der Waals surface area contributed by atoms with Gasteiger partial charge in [-0.15, -0.1) is 0 Å². The Kier molecular flexibility index (Phi) is 3.69. The van der Waals surface area contributed by atoms with Crippen molar-refractivity contribution in [2.24, 2.45) is 7.05 Å². The summed E-state index contributed by atoms with van der Waals surface area (Å²) in [6.07, 6.45) is 1.76. The first-order valence-electron chi connectivity index (χ1n) is 4.40. The molecule has 78 valence electrons. The number of carbonyl (C=O) groups is 1. The normalized spacial score (nSPS) is 12.6. The van der Waals surface area contributed by atoms with Crippen LogP contribution in [0.5, 0.6) is 0 Å². The van der Waals surface area contributed by atoms with Gasteiger partial charge in [-0.2, -0.15) is 5.10 Å². The number of carbonyl (C=O) groups excluding carboxylic acids is 1. The number of alkyl halides is 1. The third-order valence-electron chi connectivity index (χ3n) is 1.80. The highest BCUT2D eigenvalue weighted by molar-refractivity contribution is 9.09. The van der Waals surface area contributed by atoms with E-state index in [0.717, 1.165) is 0 Å². The minimum atomic E-state index is -0.0445. The number of aryl methyl sites for hydroxylation is 1. The summed E-state index contributed by atoms with van der Waals surface area (Å²) in [5.74, 6) is -0.0445. The standard InChI is InChI=1S/C9H14BrN3O/c1-7(10)6-12(2)9(14)8-4-5-13(3)11-8/h4-5,7H,6H2,1-3H3. The molecule has 1 amide bonds. The average Bonchev–Trinajstić information content (AvgIpc) is 2.49. The van der Waals surface area contributed by atoms with Gasteiger partial charge in [0.25, 0.3) is 5.91 Å². The number of hydrogen-bond donors (Lipinski definition) is 0. The van der Waals surface area contributed by atoms with Gasteiger partial charge in [0.2, 0.25) is 0 Å². The molecule has 0 N–H and O–H groups in total. The first kappa shape index (κ1) is 11.2. The van der Waals surface area contributed by atoms with Crippen LogP contribution in [0, 0.1) is 0 Å².